The first-order valence-electron chi connectivity index (χ1n) is 6.96. The lowest BCUT2D eigenvalue weighted by Gasteiger charge is -2.05. The van der Waals surface area contributed by atoms with Crippen molar-refractivity contribution in [2.75, 3.05) is 5.73 Å². The van der Waals surface area contributed by atoms with E-state index in [0.29, 0.717) is 0 Å². The number of rotatable bonds is 1. The van der Waals surface area contributed by atoms with Crippen molar-refractivity contribution < 1.29 is 0 Å². The van der Waals surface area contributed by atoms with Crippen molar-refractivity contribution in [2.24, 2.45) is 0 Å². The van der Waals surface area contributed by atoms with Gasteiger partial charge in [-0.15, -0.1) is 0 Å². The summed E-state index contributed by atoms with van der Waals surface area (Å²) < 4.78 is 2.05. The van der Waals surface area contributed by atoms with Crippen molar-refractivity contribution in [3.05, 3.63) is 66.5 Å². The summed E-state index contributed by atoms with van der Waals surface area (Å²) in [5.41, 5.74) is 10.8. The maximum Gasteiger partial charge on any atom is 0.137 e. The van der Waals surface area contributed by atoms with Crippen LogP contribution in [-0.4, -0.2) is 9.38 Å². The van der Waals surface area contributed by atoms with Gasteiger partial charge in [-0.3, -0.25) is 0 Å². The van der Waals surface area contributed by atoms with Gasteiger partial charge in [-0.2, -0.15) is 0 Å². The number of fused-ring (bicyclic) bond motifs is 2. The summed E-state index contributed by atoms with van der Waals surface area (Å²) >= 11 is 0. The first kappa shape index (κ1) is 12.0. The van der Waals surface area contributed by atoms with Crippen LogP contribution in [0.2, 0.25) is 0 Å². The Balaban J connectivity index is 2.07. The monoisotopic (exact) mass is 273 g/mol. The molecule has 2 aromatic heterocycles. The molecule has 102 valence electrons. The molecule has 0 aliphatic heterocycles. The van der Waals surface area contributed by atoms with E-state index in [-0.39, 0.29) is 0 Å². The molecule has 0 spiro atoms. The highest BCUT2D eigenvalue weighted by Crippen LogP contribution is 2.30. The van der Waals surface area contributed by atoms with Crippen LogP contribution < -0.4 is 5.73 Å². The number of pyridine rings is 1. The molecule has 0 saturated carbocycles. The molecule has 2 heterocycles. The molecule has 0 saturated heterocycles. The number of hydrogen-bond donors (Lipinski definition) is 1. The predicted octanol–water partition coefficient (Wildman–Crippen LogP) is 4.05. The zero-order valence-electron chi connectivity index (χ0n) is 11.7. The Kier molecular flexibility index (Phi) is 2.48. The Morgan fingerprint density at radius 1 is 0.952 bits per heavy atom. The van der Waals surface area contributed by atoms with Crippen LogP contribution in [0.1, 0.15) is 5.69 Å². The van der Waals surface area contributed by atoms with E-state index in [2.05, 4.69) is 49.4 Å². The molecule has 3 heteroatoms. The summed E-state index contributed by atoms with van der Waals surface area (Å²) in [5.74, 6) is 0. The number of nitrogens with two attached hydrogens (primary N) is 1. The molecule has 0 atom stereocenters. The Morgan fingerprint density at radius 3 is 2.67 bits per heavy atom. The fourth-order valence-corrected chi connectivity index (χ4v) is 2.87. The molecule has 4 rings (SSSR count). The number of aryl methyl sites for hydroxylation is 1. The van der Waals surface area contributed by atoms with Crippen molar-refractivity contribution in [2.45, 2.75) is 6.92 Å². The summed E-state index contributed by atoms with van der Waals surface area (Å²) in [6, 6.07) is 18.6. The van der Waals surface area contributed by atoms with Gasteiger partial charge in [0.05, 0.1) is 5.69 Å². The van der Waals surface area contributed by atoms with Gasteiger partial charge in [0.2, 0.25) is 0 Å². The van der Waals surface area contributed by atoms with Crippen LogP contribution >= 0.6 is 0 Å². The van der Waals surface area contributed by atoms with Gasteiger partial charge in [0, 0.05) is 23.1 Å². The van der Waals surface area contributed by atoms with E-state index < -0.39 is 0 Å². The first-order chi connectivity index (χ1) is 10.2. The molecule has 21 heavy (non-hydrogen) atoms. The zero-order chi connectivity index (χ0) is 14.4. The average molecular weight is 273 g/mol. The van der Waals surface area contributed by atoms with Gasteiger partial charge in [0.1, 0.15) is 5.65 Å². The van der Waals surface area contributed by atoms with Crippen molar-refractivity contribution in [1.29, 1.82) is 0 Å². The lowest BCUT2D eigenvalue weighted by molar-refractivity contribution is 1.11. The van der Waals surface area contributed by atoms with Gasteiger partial charge in [-0.05, 0) is 29.8 Å². The van der Waals surface area contributed by atoms with Gasteiger partial charge in [-0.1, -0.05) is 42.5 Å². The summed E-state index contributed by atoms with van der Waals surface area (Å²) in [4.78, 5) is 4.78. The number of nitrogens with zero attached hydrogens (tertiary/aromatic N) is 2. The van der Waals surface area contributed by atoms with Crippen molar-refractivity contribution in [3.8, 4) is 11.3 Å². The van der Waals surface area contributed by atoms with Crippen LogP contribution in [-0.2, 0) is 0 Å². The van der Waals surface area contributed by atoms with Crippen molar-refractivity contribution >= 4 is 22.1 Å². The molecule has 0 aliphatic carbocycles. The summed E-state index contributed by atoms with van der Waals surface area (Å²) in [6.45, 7) is 2.08. The third-order valence-electron chi connectivity index (χ3n) is 3.93. The van der Waals surface area contributed by atoms with E-state index >= 15 is 0 Å². The molecular formula is C18H15N3. The fourth-order valence-electron chi connectivity index (χ4n) is 2.87. The highest BCUT2D eigenvalue weighted by atomic mass is 15.0. The maximum atomic E-state index is 5.88. The minimum atomic E-state index is 0.743. The zero-order valence-corrected chi connectivity index (χ0v) is 11.7. The normalized spacial score (nSPS) is 11.3. The fraction of sp³-hybridized carbons (Fsp3) is 0.0556. The Morgan fingerprint density at radius 2 is 1.76 bits per heavy atom. The second-order valence-corrected chi connectivity index (χ2v) is 5.26. The smallest absolute Gasteiger partial charge is 0.137 e. The van der Waals surface area contributed by atoms with Crippen molar-refractivity contribution in [1.82, 2.24) is 9.38 Å². The standard InChI is InChI=1S/C18H15N3/c1-12-18(20-17-10-9-14(19)11-21(12)17)16-8-4-6-13-5-2-3-7-15(13)16/h2-11H,19H2,1H3. The molecule has 0 unspecified atom stereocenters. The maximum absolute atomic E-state index is 5.88. The van der Waals surface area contributed by atoms with E-state index in [1.807, 2.05) is 22.7 Å². The highest BCUT2D eigenvalue weighted by molar-refractivity contribution is 5.96. The topological polar surface area (TPSA) is 43.3 Å². The third kappa shape index (κ3) is 1.78. The van der Waals surface area contributed by atoms with E-state index in [0.717, 1.165) is 28.3 Å². The van der Waals surface area contributed by atoms with Gasteiger partial charge >= 0.3 is 0 Å². The number of hydrogen-bond acceptors (Lipinski definition) is 2. The van der Waals surface area contributed by atoms with Crippen molar-refractivity contribution in [3.63, 3.8) is 0 Å². The van der Waals surface area contributed by atoms with E-state index in [9.17, 15) is 0 Å². The van der Waals surface area contributed by atoms with Crippen LogP contribution in [0.15, 0.2) is 60.8 Å². The minimum absolute atomic E-state index is 0.743. The molecule has 0 amide bonds. The van der Waals surface area contributed by atoms with E-state index in [4.69, 9.17) is 10.7 Å². The molecule has 2 aromatic carbocycles. The third-order valence-corrected chi connectivity index (χ3v) is 3.93. The largest absolute Gasteiger partial charge is 0.398 e. The minimum Gasteiger partial charge on any atom is -0.398 e. The number of anilines is 1. The quantitative estimate of drug-likeness (QED) is 0.568. The van der Waals surface area contributed by atoms with E-state index in [1.54, 1.807) is 0 Å². The van der Waals surface area contributed by atoms with Crippen LogP contribution in [0.3, 0.4) is 0 Å². The number of benzene rings is 2. The van der Waals surface area contributed by atoms with Crippen LogP contribution in [0.5, 0.6) is 0 Å². The summed E-state index contributed by atoms with van der Waals surface area (Å²) in [5, 5.41) is 2.45. The number of aromatic nitrogens is 2. The van der Waals surface area contributed by atoms with Gasteiger partial charge in [0.25, 0.3) is 0 Å². The molecule has 4 aromatic rings. The molecule has 0 fully saturated rings. The van der Waals surface area contributed by atoms with Gasteiger partial charge in [0.15, 0.2) is 0 Å². The molecule has 0 aliphatic rings. The Bertz CT molecular complexity index is 961. The molecule has 2 N–H and O–H groups in total. The van der Waals surface area contributed by atoms with Crippen LogP contribution in [0.25, 0.3) is 27.7 Å². The highest BCUT2D eigenvalue weighted by Gasteiger charge is 2.12. The number of nitrogen functional groups attached to an aromatic ring is 1. The Hall–Kier alpha value is -2.81. The molecule has 3 nitrogen and oxygen atoms in total. The molecule has 0 bridgehead atoms. The lowest BCUT2D eigenvalue weighted by atomic mass is 10.0. The lowest BCUT2D eigenvalue weighted by Crippen LogP contribution is -1.92. The van der Waals surface area contributed by atoms with Crippen LogP contribution in [0, 0.1) is 6.92 Å². The first-order valence-corrected chi connectivity index (χ1v) is 6.96. The van der Waals surface area contributed by atoms with E-state index in [1.165, 1.54) is 10.8 Å². The Labute approximate surface area is 122 Å². The predicted molar refractivity (Wildman–Crippen MR) is 87.3 cm³/mol. The second kappa shape index (κ2) is 4.35. The molecule has 0 radical (unpaired) electrons. The number of imidazole rings is 1. The van der Waals surface area contributed by atoms with Crippen LogP contribution in [0.4, 0.5) is 5.69 Å². The SMILES string of the molecule is Cc1c(-c2cccc3ccccc23)nc2ccc(N)cn12. The molecular weight excluding hydrogens is 258 g/mol. The second-order valence-electron chi connectivity index (χ2n) is 5.26. The summed E-state index contributed by atoms with van der Waals surface area (Å²) in [7, 11) is 0. The average Bonchev–Trinajstić information content (AvgIpc) is 2.83. The summed E-state index contributed by atoms with van der Waals surface area (Å²) in [6.07, 6.45) is 1.92. The van der Waals surface area contributed by atoms with Gasteiger partial charge in [-0.25, -0.2) is 4.98 Å². The van der Waals surface area contributed by atoms with Gasteiger partial charge < -0.3 is 10.1 Å².